The number of carbonyl (C=O) groups excluding carboxylic acids is 1. The van der Waals surface area contributed by atoms with Gasteiger partial charge in [0, 0.05) is 25.4 Å². The number of rotatable bonds is 5. The molecule has 0 atom stereocenters. The van der Waals surface area contributed by atoms with Crippen LogP contribution in [0.3, 0.4) is 0 Å². The van der Waals surface area contributed by atoms with Gasteiger partial charge < -0.3 is 9.84 Å². The molecule has 19 heavy (non-hydrogen) atoms. The van der Waals surface area contributed by atoms with Crippen molar-refractivity contribution < 1.29 is 9.32 Å². The maximum absolute atomic E-state index is 11.8. The number of aromatic nitrogens is 3. The number of hydrogen-bond donors (Lipinski definition) is 1. The quantitative estimate of drug-likeness (QED) is 0.870. The first kappa shape index (κ1) is 13.3. The molecular formula is C13H18N4O2. The van der Waals surface area contributed by atoms with Crippen LogP contribution in [0.1, 0.15) is 22.6 Å². The summed E-state index contributed by atoms with van der Waals surface area (Å²) in [6, 6.07) is 0. The molecule has 6 heteroatoms. The Labute approximate surface area is 111 Å². The van der Waals surface area contributed by atoms with Crippen LogP contribution in [0.4, 0.5) is 0 Å². The molecule has 0 aliphatic heterocycles. The Morgan fingerprint density at radius 3 is 2.84 bits per heavy atom. The lowest BCUT2D eigenvalue weighted by molar-refractivity contribution is -0.120. The average Bonchev–Trinajstić information content (AvgIpc) is 2.90. The number of hydrogen-bond acceptors (Lipinski definition) is 4. The van der Waals surface area contributed by atoms with E-state index in [1.807, 2.05) is 27.1 Å². The molecule has 0 aliphatic carbocycles. The number of carbonyl (C=O) groups is 1. The highest BCUT2D eigenvalue weighted by Crippen LogP contribution is 2.12. The lowest BCUT2D eigenvalue weighted by atomic mass is 10.1. The van der Waals surface area contributed by atoms with E-state index in [4.69, 9.17) is 4.52 Å². The molecule has 1 N–H and O–H groups in total. The molecule has 0 saturated heterocycles. The third-order valence-electron chi connectivity index (χ3n) is 3.01. The number of nitrogens with one attached hydrogen (secondary N) is 1. The van der Waals surface area contributed by atoms with Gasteiger partial charge in [-0.3, -0.25) is 9.48 Å². The molecule has 0 unspecified atom stereocenters. The number of nitrogens with zero attached hydrogens (tertiary/aromatic N) is 3. The molecule has 0 aromatic carbocycles. The Morgan fingerprint density at radius 1 is 1.47 bits per heavy atom. The summed E-state index contributed by atoms with van der Waals surface area (Å²) >= 11 is 0. The van der Waals surface area contributed by atoms with E-state index in [0.717, 1.165) is 23.2 Å². The van der Waals surface area contributed by atoms with Gasteiger partial charge in [-0.05, 0) is 25.8 Å². The molecule has 6 nitrogen and oxygen atoms in total. The summed E-state index contributed by atoms with van der Waals surface area (Å²) in [7, 11) is 1.87. The predicted octanol–water partition coefficient (Wildman–Crippen LogP) is 0.926. The van der Waals surface area contributed by atoms with Crippen LogP contribution in [0.15, 0.2) is 16.9 Å². The minimum absolute atomic E-state index is 0.0155. The lowest BCUT2D eigenvalue weighted by Crippen LogP contribution is -2.27. The van der Waals surface area contributed by atoms with E-state index >= 15 is 0 Å². The maximum Gasteiger partial charge on any atom is 0.224 e. The summed E-state index contributed by atoms with van der Waals surface area (Å²) in [4.78, 5) is 11.8. The molecule has 2 rings (SSSR count). The highest BCUT2D eigenvalue weighted by Gasteiger charge is 2.12. The first-order chi connectivity index (χ1) is 9.06. The molecule has 2 aromatic heterocycles. The Morgan fingerprint density at radius 2 is 2.26 bits per heavy atom. The van der Waals surface area contributed by atoms with E-state index in [1.54, 1.807) is 10.9 Å². The van der Waals surface area contributed by atoms with Gasteiger partial charge in [0.25, 0.3) is 0 Å². The second kappa shape index (κ2) is 5.69. The fourth-order valence-electron chi connectivity index (χ4n) is 1.92. The minimum Gasteiger partial charge on any atom is -0.361 e. The van der Waals surface area contributed by atoms with E-state index in [9.17, 15) is 4.79 Å². The fraction of sp³-hybridized carbons (Fsp3) is 0.462. The van der Waals surface area contributed by atoms with Crippen LogP contribution < -0.4 is 5.32 Å². The zero-order valence-corrected chi connectivity index (χ0v) is 11.4. The summed E-state index contributed by atoms with van der Waals surface area (Å²) < 4.78 is 6.78. The van der Waals surface area contributed by atoms with Crippen molar-refractivity contribution in [1.29, 1.82) is 0 Å². The summed E-state index contributed by atoms with van der Waals surface area (Å²) in [5.41, 5.74) is 2.76. The molecule has 2 aromatic rings. The summed E-state index contributed by atoms with van der Waals surface area (Å²) in [5, 5.41) is 10.8. The van der Waals surface area contributed by atoms with Crippen molar-refractivity contribution in [3.05, 3.63) is 35.0 Å². The smallest absolute Gasteiger partial charge is 0.224 e. The normalized spacial score (nSPS) is 10.7. The topological polar surface area (TPSA) is 73.0 Å². The minimum atomic E-state index is -0.0155. The second-order valence-electron chi connectivity index (χ2n) is 4.60. The Kier molecular flexibility index (Phi) is 3.99. The highest BCUT2D eigenvalue weighted by atomic mass is 16.5. The van der Waals surface area contributed by atoms with Gasteiger partial charge in [-0.25, -0.2) is 0 Å². The molecule has 1 amide bonds. The maximum atomic E-state index is 11.8. The monoisotopic (exact) mass is 262 g/mol. The van der Waals surface area contributed by atoms with Crippen LogP contribution in [0.5, 0.6) is 0 Å². The summed E-state index contributed by atoms with van der Waals surface area (Å²) in [6.45, 7) is 4.26. The molecular weight excluding hydrogens is 244 g/mol. The number of amides is 1. The zero-order chi connectivity index (χ0) is 13.8. The molecule has 102 valence electrons. The third kappa shape index (κ3) is 3.43. The molecule has 0 bridgehead atoms. The van der Waals surface area contributed by atoms with Crippen LogP contribution in [0.2, 0.25) is 0 Å². The van der Waals surface area contributed by atoms with Gasteiger partial charge in [0.05, 0.1) is 18.3 Å². The molecule has 0 spiro atoms. The van der Waals surface area contributed by atoms with Crippen molar-refractivity contribution in [3.8, 4) is 0 Å². The largest absolute Gasteiger partial charge is 0.361 e. The van der Waals surface area contributed by atoms with Gasteiger partial charge in [0.2, 0.25) is 5.91 Å². The van der Waals surface area contributed by atoms with Gasteiger partial charge in [-0.15, -0.1) is 0 Å². The Balaban J connectivity index is 1.79. The second-order valence-corrected chi connectivity index (χ2v) is 4.60. The molecule has 0 radical (unpaired) electrons. The SMILES string of the molecule is Cc1noc(C)c1CC(=O)NCCc1cnn(C)c1. The summed E-state index contributed by atoms with van der Waals surface area (Å²) in [5.74, 6) is 0.693. The van der Waals surface area contributed by atoms with Crippen molar-refractivity contribution in [3.63, 3.8) is 0 Å². The standard InChI is InChI=1S/C13H18N4O2/c1-9-12(10(2)19-16-9)6-13(18)14-5-4-11-7-15-17(3)8-11/h7-8H,4-6H2,1-3H3,(H,14,18). The van der Waals surface area contributed by atoms with Gasteiger partial charge in [-0.2, -0.15) is 5.10 Å². The van der Waals surface area contributed by atoms with Crippen LogP contribution in [0.25, 0.3) is 0 Å². The third-order valence-corrected chi connectivity index (χ3v) is 3.01. The van der Waals surface area contributed by atoms with Gasteiger partial charge in [-0.1, -0.05) is 5.16 Å². The van der Waals surface area contributed by atoms with Gasteiger partial charge >= 0.3 is 0 Å². The van der Waals surface area contributed by atoms with E-state index in [-0.39, 0.29) is 5.91 Å². The van der Waals surface area contributed by atoms with Crippen LogP contribution >= 0.6 is 0 Å². The lowest BCUT2D eigenvalue weighted by Gasteiger charge is -2.03. The first-order valence-electron chi connectivity index (χ1n) is 6.22. The molecule has 0 fully saturated rings. The van der Waals surface area contributed by atoms with Crippen molar-refractivity contribution in [1.82, 2.24) is 20.3 Å². The zero-order valence-electron chi connectivity index (χ0n) is 11.4. The van der Waals surface area contributed by atoms with Crippen molar-refractivity contribution in [2.24, 2.45) is 7.05 Å². The van der Waals surface area contributed by atoms with Gasteiger partial charge in [0.1, 0.15) is 5.76 Å². The van der Waals surface area contributed by atoms with Crippen molar-refractivity contribution >= 4 is 5.91 Å². The highest BCUT2D eigenvalue weighted by molar-refractivity contribution is 5.78. The predicted molar refractivity (Wildman–Crippen MR) is 69.6 cm³/mol. The average molecular weight is 262 g/mol. The van der Waals surface area contributed by atoms with Crippen LogP contribution in [0, 0.1) is 13.8 Å². The van der Waals surface area contributed by atoms with Gasteiger partial charge in [0.15, 0.2) is 0 Å². The van der Waals surface area contributed by atoms with Crippen LogP contribution in [-0.4, -0.2) is 27.4 Å². The van der Waals surface area contributed by atoms with E-state index in [1.165, 1.54) is 0 Å². The van der Waals surface area contributed by atoms with E-state index in [0.29, 0.717) is 18.7 Å². The van der Waals surface area contributed by atoms with E-state index in [2.05, 4.69) is 15.6 Å². The molecule has 2 heterocycles. The first-order valence-corrected chi connectivity index (χ1v) is 6.22. The van der Waals surface area contributed by atoms with Crippen molar-refractivity contribution in [2.75, 3.05) is 6.54 Å². The summed E-state index contributed by atoms with van der Waals surface area (Å²) in [6.07, 6.45) is 4.84. The van der Waals surface area contributed by atoms with Crippen molar-refractivity contribution in [2.45, 2.75) is 26.7 Å². The molecule has 0 saturated carbocycles. The Hall–Kier alpha value is -2.11. The fourth-order valence-corrected chi connectivity index (χ4v) is 1.92. The van der Waals surface area contributed by atoms with Crippen LogP contribution in [-0.2, 0) is 24.7 Å². The number of aryl methyl sites for hydroxylation is 3. The van der Waals surface area contributed by atoms with E-state index < -0.39 is 0 Å². The molecule has 0 aliphatic rings. The Bertz CT molecular complexity index is 551.